The van der Waals surface area contributed by atoms with Crippen molar-refractivity contribution in [1.29, 1.82) is 0 Å². The summed E-state index contributed by atoms with van der Waals surface area (Å²) in [7, 11) is 1.99. The highest BCUT2D eigenvalue weighted by Crippen LogP contribution is 2.36. The lowest BCUT2D eigenvalue weighted by Gasteiger charge is -2.25. The second kappa shape index (κ2) is 6.67. The molecular formula is C12H19IN4O2. The lowest BCUT2D eigenvalue weighted by molar-refractivity contribution is -0.126. The summed E-state index contributed by atoms with van der Waals surface area (Å²) in [6.45, 7) is 1.32. The fourth-order valence-electron chi connectivity index (χ4n) is 2.40. The SMILES string of the molecule is CN1CC(C(=O)NCC/C(=C/N)N=CI)CC2OC21. The Morgan fingerprint density at radius 3 is 3.11 bits per heavy atom. The van der Waals surface area contributed by atoms with Crippen LogP contribution in [-0.4, -0.2) is 47.5 Å². The summed E-state index contributed by atoms with van der Waals surface area (Å²) < 4.78 is 7.13. The van der Waals surface area contributed by atoms with Gasteiger partial charge in [-0.1, -0.05) is 0 Å². The fraction of sp³-hybridized carbons (Fsp3) is 0.667. The van der Waals surface area contributed by atoms with E-state index < -0.39 is 0 Å². The van der Waals surface area contributed by atoms with E-state index in [1.54, 1.807) is 4.22 Å². The number of ether oxygens (including phenoxy) is 1. The zero-order chi connectivity index (χ0) is 13.8. The second-order valence-corrected chi connectivity index (χ2v) is 5.42. The first kappa shape index (κ1) is 14.7. The normalized spacial score (nSPS) is 31.3. The molecule has 0 bridgehead atoms. The van der Waals surface area contributed by atoms with Crippen LogP contribution in [0.1, 0.15) is 12.8 Å². The third-order valence-electron chi connectivity index (χ3n) is 3.47. The number of epoxide rings is 1. The Bertz CT molecular complexity index is 399. The number of fused-ring (bicyclic) bond motifs is 1. The van der Waals surface area contributed by atoms with Gasteiger partial charge in [-0.15, -0.1) is 0 Å². The summed E-state index contributed by atoms with van der Waals surface area (Å²) in [4.78, 5) is 18.3. The average molecular weight is 378 g/mol. The van der Waals surface area contributed by atoms with Crippen LogP contribution in [0.3, 0.4) is 0 Å². The lowest BCUT2D eigenvalue weighted by Crippen LogP contribution is -2.43. The van der Waals surface area contributed by atoms with E-state index in [2.05, 4.69) is 15.2 Å². The Morgan fingerprint density at radius 2 is 2.47 bits per heavy atom. The van der Waals surface area contributed by atoms with Crippen LogP contribution >= 0.6 is 22.6 Å². The zero-order valence-corrected chi connectivity index (χ0v) is 13.0. The molecule has 2 saturated heterocycles. The van der Waals surface area contributed by atoms with Crippen molar-refractivity contribution in [2.75, 3.05) is 20.1 Å². The Labute approximate surface area is 126 Å². The van der Waals surface area contributed by atoms with Crippen molar-refractivity contribution in [1.82, 2.24) is 10.2 Å². The molecule has 2 aliphatic heterocycles. The molecule has 0 saturated carbocycles. The summed E-state index contributed by atoms with van der Waals surface area (Å²) >= 11 is 2.04. The van der Waals surface area contributed by atoms with E-state index in [1.165, 1.54) is 6.20 Å². The highest BCUT2D eigenvalue weighted by Gasteiger charge is 2.49. The monoisotopic (exact) mass is 378 g/mol. The van der Waals surface area contributed by atoms with Gasteiger partial charge in [0.05, 0.1) is 15.8 Å². The molecule has 0 radical (unpaired) electrons. The summed E-state index contributed by atoms with van der Waals surface area (Å²) in [5.74, 6) is 0.114. The summed E-state index contributed by atoms with van der Waals surface area (Å²) in [6.07, 6.45) is 3.43. The molecule has 6 nitrogen and oxygen atoms in total. The number of hydrogen-bond acceptors (Lipinski definition) is 5. The number of likely N-dealkylation sites (N-methyl/N-ethyl adjacent to an activating group) is 1. The van der Waals surface area contributed by atoms with Gasteiger partial charge in [-0.25, -0.2) is 0 Å². The van der Waals surface area contributed by atoms with E-state index in [0.717, 1.165) is 18.7 Å². The molecule has 3 unspecified atom stereocenters. The van der Waals surface area contributed by atoms with Crippen molar-refractivity contribution in [3.05, 3.63) is 11.9 Å². The van der Waals surface area contributed by atoms with Gasteiger partial charge < -0.3 is 15.8 Å². The van der Waals surface area contributed by atoms with E-state index in [9.17, 15) is 4.79 Å². The topological polar surface area (TPSA) is 83.2 Å². The van der Waals surface area contributed by atoms with Crippen LogP contribution in [0.4, 0.5) is 0 Å². The van der Waals surface area contributed by atoms with Gasteiger partial charge in [-0.3, -0.25) is 14.7 Å². The van der Waals surface area contributed by atoms with Gasteiger partial charge in [0.1, 0.15) is 12.3 Å². The quantitative estimate of drug-likeness (QED) is 0.413. The molecule has 1 amide bonds. The van der Waals surface area contributed by atoms with E-state index in [-0.39, 0.29) is 24.2 Å². The van der Waals surface area contributed by atoms with E-state index in [4.69, 9.17) is 10.5 Å². The minimum atomic E-state index is 0.0205. The van der Waals surface area contributed by atoms with Gasteiger partial charge >= 0.3 is 0 Å². The molecule has 7 heteroatoms. The molecule has 0 spiro atoms. The largest absolute Gasteiger partial charge is 0.403 e. The molecular weight excluding hydrogens is 359 g/mol. The number of amides is 1. The maximum atomic E-state index is 12.1. The Morgan fingerprint density at radius 1 is 1.68 bits per heavy atom. The number of hydrogen-bond donors (Lipinski definition) is 2. The molecule has 0 aromatic carbocycles. The molecule has 2 heterocycles. The van der Waals surface area contributed by atoms with Gasteiger partial charge in [0, 0.05) is 25.7 Å². The number of likely N-dealkylation sites (tertiary alicyclic amines) is 1. The zero-order valence-electron chi connectivity index (χ0n) is 10.9. The van der Waals surface area contributed by atoms with Gasteiger partial charge in [-0.05, 0) is 36.1 Å². The third-order valence-corrected chi connectivity index (χ3v) is 3.75. The molecule has 0 aromatic rings. The molecule has 2 rings (SSSR count). The van der Waals surface area contributed by atoms with E-state index in [0.29, 0.717) is 13.0 Å². The molecule has 2 aliphatic rings. The molecule has 0 aromatic heterocycles. The van der Waals surface area contributed by atoms with Gasteiger partial charge in [0.25, 0.3) is 0 Å². The molecule has 2 fully saturated rings. The minimum absolute atomic E-state index is 0.0205. The Kier molecular flexibility index (Phi) is 5.17. The number of nitrogens with one attached hydrogen (secondary N) is 1. The Hall–Kier alpha value is -0.670. The first-order valence-corrected chi connectivity index (χ1v) is 7.57. The molecule has 3 atom stereocenters. The first-order chi connectivity index (χ1) is 9.15. The van der Waals surface area contributed by atoms with Crippen LogP contribution in [0.25, 0.3) is 0 Å². The number of aliphatic imine (C=N–C) groups is 1. The standard InChI is InChI=1S/C12H19IN4O2/c1-17-6-8(4-10-12(17)19-10)11(18)15-3-2-9(5-14)16-7-13/h5,7-8,10,12H,2-4,6,14H2,1H3,(H,15,18)/b9-5-,16-7?. The predicted octanol–water partition coefficient (Wildman–Crippen LogP) is 0.433. The van der Waals surface area contributed by atoms with Crippen LogP contribution < -0.4 is 11.1 Å². The summed E-state index contributed by atoms with van der Waals surface area (Å²) in [5, 5.41) is 2.94. The number of rotatable bonds is 5. The highest BCUT2D eigenvalue weighted by molar-refractivity contribution is 14.1. The van der Waals surface area contributed by atoms with Crippen LogP contribution in [0.15, 0.2) is 16.9 Å². The lowest BCUT2D eigenvalue weighted by atomic mass is 9.97. The van der Waals surface area contributed by atoms with Crippen LogP contribution in [0, 0.1) is 5.92 Å². The van der Waals surface area contributed by atoms with E-state index in [1.807, 2.05) is 29.6 Å². The number of halogens is 1. The van der Waals surface area contributed by atoms with Crippen LogP contribution in [0.2, 0.25) is 0 Å². The van der Waals surface area contributed by atoms with E-state index >= 15 is 0 Å². The number of carbonyl (C=O) groups is 1. The number of piperidine rings is 1. The minimum Gasteiger partial charge on any atom is -0.403 e. The van der Waals surface area contributed by atoms with Crippen molar-refractivity contribution >= 4 is 32.7 Å². The summed E-state index contributed by atoms with van der Waals surface area (Å²) in [6, 6.07) is 0. The fourth-order valence-corrected chi connectivity index (χ4v) is 2.76. The van der Waals surface area contributed by atoms with Gasteiger partial charge in [0.15, 0.2) is 0 Å². The predicted molar refractivity (Wildman–Crippen MR) is 81.8 cm³/mol. The molecule has 3 N–H and O–H groups in total. The average Bonchev–Trinajstić information content (AvgIpc) is 3.17. The highest BCUT2D eigenvalue weighted by atomic mass is 127. The second-order valence-electron chi connectivity index (χ2n) is 4.86. The number of nitrogens with zero attached hydrogens (tertiary/aromatic N) is 2. The third kappa shape index (κ3) is 3.90. The maximum absolute atomic E-state index is 12.1. The van der Waals surface area contributed by atoms with Crippen molar-refractivity contribution in [3.63, 3.8) is 0 Å². The maximum Gasteiger partial charge on any atom is 0.224 e. The molecule has 0 aliphatic carbocycles. The Balaban J connectivity index is 1.72. The molecule has 19 heavy (non-hydrogen) atoms. The number of nitrogens with two attached hydrogens (primary N) is 1. The number of carbonyl (C=O) groups excluding carboxylic acids is 1. The van der Waals surface area contributed by atoms with Crippen molar-refractivity contribution in [2.24, 2.45) is 16.6 Å². The van der Waals surface area contributed by atoms with Crippen molar-refractivity contribution in [3.8, 4) is 0 Å². The first-order valence-electron chi connectivity index (χ1n) is 6.32. The van der Waals surface area contributed by atoms with Gasteiger partial charge in [-0.2, -0.15) is 0 Å². The van der Waals surface area contributed by atoms with Crippen LogP contribution in [-0.2, 0) is 9.53 Å². The summed E-state index contributed by atoms with van der Waals surface area (Å²) in [5.41, 5.74) is 6.22. The molecule has 106 valence electrons. The smallest absolute Gasteiger partial charge is 0.224 e. The van der Waals surface area contributed by atoms with Crippen LogP contribution in [0.5, 0.6) is 0 Å². The van der Waals surface area contributed by atoms with Crippen molar-refractivity contribution < 1.29 is 9.53 Å². The van der Waals surface area contributed by atoms with Gasteiger partial charge in [0.2, 0.25) is 5.91 Å². The van der Waals surface area contributed by atoms with Crippen molar-refractivity contribution in [2.45, 2.75) is 25.2 Å².